The number of halogens is 1. The van der Waals surface area contributed by atoms with Gasteiger partial charge in [-0.3, -0.25) is 0 Å². The van der Waals surface area contributed by atoms with Crippen molar-refractivity contribution in [2.75, 3.05) is 0 Å². The van der Waals surface area contributed by atoms with Crippen molar-refractivity contribution < 1.29 is 10.0 Å². The van der Waals surface area contributed by atoms with Crippen molar-refractivity contribution in [1.82, 2.24) is 0 Å². The van der Waals surface area contributed by atoms with Crippen molar-refractivity contribution in [2.45, 2.75) is 30.4 Å². The van der Waals surface area contributed by atoms with E-state index in [0.717, 1.165) is 4.90 Å². The number of thioether (sulfide) groups is 1. The van der Waals surface area contributed by atoms with Gasteiger partial charge in [0.2, 0.25) is 0 Å². The molecule has 0 spiro atoms. The van der Waals surface area contributed by atoms with Crippen LogP contribution in [0.15, 0.2) is 23.1 Å². The molecule has 0 aliphatic carbocycles. The Morgan fingerprint density at radius 2 is 1.87 bits per heavy atom. The SMILES string of the molecule is CC(C)(C)Sc1cccc(B(O)O)c1Cl. The van der Waals surface area contributed by atoms with E-state index < -0.39 is 7.12 Å². The van der Waals surface area contributed by atoms with Gasteiger partial charge in [-0.25, -0.2) is 0 Å². The van der Waals surface area contributed by atoms with Crippen molar-refractivity contribution in [1.29, 1.82) is 0 Å². The van der Waals surface area contributed by atoms with Crippen LogP contribution in [0.25, 0.3) is 0 Å². The van der Waals surface area contributed by atoms with Crippen molar-refractivity contribution in [3.63, 3.8) is 0 Å². The Labute approximate surface area is 99.8 Å². The summed E-state index contributed by atoms with van der Waals surface area (Å²) < 4.78 is 0.0443. The van der Waals surface area contributed by atoms with Gasteiger partial charge in [-0.15, -0.1) is 11.8 Å². The molecule has 82 valence electrons. The first-order valence-corrected chi connectivity index (χ1v) is 5.84. The van der Waals surface area contributed by atoms with Gasteiger partial charge in [0, 0.05) is 15.1 Å². The van der Waals surface area contributed by atoms with Crippen LogP contribution in [0.1, 0.15) is 20.8 Å². The van der Waals surface area contributed by atoms with Gasteiger partial charge in [0.25, 0.3) is 0 Å². The molecule has 0 radical (unpaired) electrons. The molecule has 0 aliphatic rings. The second-order valence-corrected chi connectivity index (χ2v) is 6.49. The quantitative estimate of drug-likeness (QED) is 0.617. The molecule has 1 rings (SSSR count). The highest BCUT2D eigenvalue weighted by Gasteiger charge is 2.20. The van der Waals surface area contributed by atoms with E-state index in [-0.39, 0.29) is 4.75 Å². The molecule has 2 nitrogen and oxygen atoms in total. The van der Waals surface area contributed by atoms with Crippen LogP contribution in [0.3, 0.4) is 0 Å². The number of benzene rings is 1. The van der Waals surface area contributed by atoms with E-state index in [0.29, 0.717) is 10.5 Å². The van der Waals surface area contributed by atoms with Gasteiger partial charge in [0.1, 0.15) is 0 Å². The van der Waals surface area contributed by atoms with Gasteiger partial charge in [-0.2, -0.15) is 0 Å². The predicted octanol–water partition coefficient (Wildman–Crippen LogP) is 1.91. The van der Waals surface area contributed by atoms with E-state index in [2.05, 4.69) is 20.8 Å². The van der Waals surface area contributed by atoms with Crippen LogP contribution >= 0.6 is 23.4 Å². The van der Waals surface area contributed by atoms with Crippen LogP contribution in [0.2, 0.25) is 5.02 Å². The minimum Gasteiger partial charge on any atom is -0.423 e. The minimum atomic E-state index is -1.52. The normalized spacial score (nSPS) is 11.6. The van der Waals surface area contributed by atoms with Crippen molar-refractivity contribution in [2.24, 2.45) is 0 Å². The smallest absolute Gasteiger partial charge is 0.423 e. The highest BCUT2D eigenvalue weighted by Crippen LogP contribution is 2.35. The van der Waals surface area contributed by atoms with E-state index in [9.17, 15) is 0 Å². The largest absolute Gasteiger partial charge is 0.489 e. The molecular weight excluding hydrogens is 230 g/mol. The van der Waals surface area contributed by atoms with Crippen LogP contribution < -0.4 is 5.46 Å². The Balaban J connectivity index is 3.05. The fourth-order valence-electron chi connectivity index (χ4n) is 1.14. The van der Waals surface area contributed by atoms with Gasteiger partial charge in [0.15, 0.2) is 0 Å². The lowest BCUT2D eigenvalue weighted by atomic mass is 9.80. The van der Waals surface area contributed by atoms with Gasteiger partial charge in [-0.1, -0.05) is 44.5 Å². The first-order valence-electron chi connectivity index (χ1n) is 4.65. The van der Waals surface area contributed by atoms with E-state index in [1.807, 2.05) is 6.07 Å². The van der Waals surface area contributed by atoms with E-state index in [1.54, 1.807) is 23.9 Å². The maximum Gasteiger partial charge on any atom is 0.489 e. The summed E-state index contributed by atoms with van der Waals surface area (Å²) in [6.07, 6.45) is 0. The molecule has 0 unspecified atom stereocenters. The maximum absolute atomic E-state index is 9.09. The summed E-state index contributed by atoms with van der Waals surface area (Å²) in [5, 5.41) is 18.6. The standard InChI is InChI=1S/C10H14BClO2S/c1-10(2,3)15-8-6-4-5-7(9(8)12)11(13)14/h4-6,13-14H,1-3H3. The van der Waals surface area contributed by atoms with Gasteiger partial charge >= 0.3 is 7.12 Å². The first kappa shape index (κ1) is 12.9. The van der Waals surface area contributed by atoms with Crippen molar-refractivity contribution in [3.05, 3.63) is 23.2 Å². The van der Waals surface area contributed by atoms with E-state index >= 15 is 0 Å². The van der Waals surface area contributed by atoms with Crippen LogP contribution in [0.4, 0.5) is 0 Å². The third-order valence-corrected chi connectivity index (χ3v) is 3.39. The Morgan fingerprint density at radius 3 is 2.33 bits per heavy atom. The zero-order chi connectivity index (χ0) is 11.6. The summed E-state index contributed by atoms with van der Waals surface area (Å²) >= 11 is 7.67. The summed E-state index contributed by atoms with van der Waals surface area (Å²) in [6, 6.07) is 5.26. The molecule has 0 saturated heterocycles. The number of rotatable bonds is 2. The summed E-state index contributed by atoms with van der Waals surface area (Å²) in [7, 11) is -1.52. The number of hydrogen-bond donors (Lipinski definition) is 2. The molecule has 0 bridgehead atoms. The highest BCUT2D eigenvalue weighted by atomic mass is 35.5. The average Bonchev–Trinajstić information content (AvgIpc) is 2.05. The van der Waals surface area contributed by atoms with Crippen molar-refractivity contribution >= 4 is 35.9 Å². The lowest BCUT2D eigenvalue weighted by molar-refractivity contribution is 0.425. The van der Waals surface area contributed by atoms with E-state index in [4.69, 9.17) is 21.6 Å². The van der Waals surface area contributed by atoms with Gasteiger partial charge < -0.3 is 10.0 Å². The first-order chi connectivity index (χ1) is 6.81. The molecule has 1 aromatic rings. The Hall–Kier alpha value is -0.155. The molecule has 1 aromatic carbocycles. The van der Waals surface area contributed by atoms with Crippen LogP contribution in [-0.2, 0) is 0 Å². The predicted molar refractivity (Wildman–Crippen MR) is 66.9 cm³/mol. The molecule has 15 heavy (non-hydrogen) atoms. The summed E-state index contributed by atoms with van der Waals surface area (Å²) in [5.41, 5.74) is 0.353. The molecule has 0 aliphatic heterocycles. The second-order valence-electron chi connectivity index (χ2n) is 4.25. The van der Waals surface area contributed by atoms with Gasteiger partial charge in [-0.05, 0) is 6.07 Å². The molecule has 0 aromatic heterocycles. The lowest BCUT2D eigenvalue weighted by Crippen LogP contribution is -2.31. The van der Waals surface area contributed by atoms with Gasteiger partial charge in [0.05, 0.1) is 5.02 Å². The Bertz CT molecular complexity index is 350. The number of hydrogen-bond acceptors (Lipinski definition) is 3. The van der Waals surface area contributed by atoms with E-state index in [1.165, 1.54) is 0 Å². The van der Waals surface area contributed by atoms with Crippen LogP contribution in [0, 0.1) is 0 Å². The molecule has 0 atom stereocenters. The molecule has 0 saturated carbocycles. The highest BCUT2D eigenvalue weighted by molar-refractivity contribution is 8.00. The monoisotopic (exact) mass is 244 g/mol. The second kappa shape index (κ2) is 4.79. The maximum atomic E-state index is 9.09. The molecule has 0 fully saturated rings. The summed E-state index contributed by atoms with van der Waals surface area (Å²) in [6.45, 7) is 6.24. The molecular formula is C10H14BClO2S. The topological polar surface area (TPSA) is 40.5 Å². The van der Waals surface area contributed by atoms with Crippen molar-refractivity contribution in [3.8, 4) is 0 Å². The fraction of sp³-hybridized carbons (Fsp3) is 0.400. The fourth-order valence-corrected chi connectivity index (χ4v) is 2.49. The Kier molecular flexibility index (Phi) is 4.12. The summed E-state index contributed by atoms with van der Waals surface area (Å²) in [4.78, 5) is 0.870. The summed E-state index contributed by atoms with van der Waals surface area (Å²) in [5.74, 6) is 0. The molecule has 2 N–H and O–H groups in total. The van der Waals surface area contributed by atoms with Crippen LogP contribution in [-0.4, -0.2) is 21.9 Å². The molecule has 5 heteroatoms. The third-order valence-electron chi connectivity index (χ3n) is 1.69. The third kappa shape index (κ3) is 3.72. The molecule has 0 amide bonds. The zero-order valence-electron chi connectivity index (χ0n) is 8.99. The van der Waals surface area contributed by atoms with Crippen LogP contribution in [0.5, 0.6) is 0 Å². The minimum absolute atomic E-state index is 0.0443. The lowest BCUT2D eigenvalue weighted by Gasteiger charge is -2.19. The Morgan fingerprint density at radius 1 is 1.27 bits per heavy atom. The zero-order valence-corrected chi connectivity index (χ0v) is 10.6. The average molecular weight is 245 g/mol. The molecule has 0 heterocycles.